The standard InChI is InChI=1S/C15H20N2O2/c1-19-15-6-5-11(8-16)7-13(15)9-17-14-4-2-3-12(14)10-18/h5-7,12,14,17-18H,2-4,9-10H2,1H3. The summed E-state index contributed by atoms with van der Waals surface area (Å²) < 4.78 is 5.31. The van der Waals surface area contributed by atoms with Crippen molar-refractivity contribution in [3.8, 4) is 11.8 Å². The van der Waals surface area contributed by atoms with E-state index in [9.17, 15) is 5.11 Å². The maximum Gasteiger partial charge on any atom is 0.123 e. The Labute approximate surface area is 114 Å². The van der Waals surface area contributed by atoms with Crippen LogP contribution in [0.4, 0.5) is 0 Å². The van der Waals surface area contributed by atoms with E-state index in [1.807, 2.05) is 12.1 Å². The van der Waals surface area contributed by atoms with Crippen molar-refractivity contribution in [3.05, 3.63) is 29.3 Å². The van der Waals surface area contributed by atoms with Gasteiger partial charge in [0.2, 0.25) is 0 Å². The first kappa shape index (κ1) is 13.9. The monoisotopic (exact) mass is 260 g/mol. The van der Waals surface area contributed by atoms with Gasteiger partial charge in [-0.3, -0.25) is 0 Å². The van der Waals surface area contributed by atoms with Crippen molar-refractivity contribution in [2.75, 3.05) is 13.7 Å². The number of nitrogens with zero attached hydrogens (tertiary/aromatic N) is 1. The third-order valence-electron chi connectivity index (χ3n) is 3.86. The fourth-order valence-electron chi connectivity index (χ4n) is 2.75. The molecule has 2 unspecified atom stereocenters. The van der Waals surface area contributed by atoms with E-state index in [1.54, 1.807) is 13.2 Å². The van der Waals surface area contributed by atoms with Crippen LogP contribution in [0.15, 0.2) is 18.2 Å². The molecule has 0 spiro atoms. The lowest BCUT2D eigenvalue weighted by molar-refractivity contribution is 0.205. The third kappa shape index (κ3) is 3.25. The predicted octanol–water partition coefficient (Wildman–Crippen LogP) is 1.82. The van der Waals surface area contributed by atoms with Crippen molar-refractivity contribution in [2.24, 2.45) is 5.92 Å². The van der Waals surface area contributed by atoms with Crippen LogP contribution in [0.25, 0.3) is 0 Å². The Morgan fingerprint density at radius 2 is 2.32 bits per heavy atom. The number of nitriles is 1. The van der Waals surface area contributed by atoms with Crippen LogP contribution in [0.2, 0.25) is 0 Å². The predicted molar refractivity (Wildman–Crippen MR) is 72.8 cm³/mol. The average Bonchev–Trinajstić information content (AvgIpc) is 2.92. The van der Waals surface area contributed by atoms with Gasteiger partial charge in [0.25, 0.3) is 0 Å². The number of aliphatic hydroxyl groups excluding tert-OH is 1. The van der Waals surface area contributed by atoms with Crippen molar-refractivity contribution < 1.29 is 9.84 Å². The first-order valence-electron chi connectivity index (χ1n) is 6.69. The van der Waals surface area contributed by atoms with Crippen molar-refractivity contribution in [1.29, 1.82) is 5.26 Å². The number of rotatable bonds is 5. The van der Waals surface area contributed by atoms with Gasteiger partial charge in [-0.25, -0.2) is 0 Å². The molecule has 1 aromatic rings. The van der Waals surface area contributed by atoms with Crippen LogP contribution >= 0.6 is 0 Å². The molecule has 1 saturated carbocycles. The number of ether oxygens (including phenoxy) is 1. The van der Waals surface area contributed by atoms with E-state index in [1.165, 1.54) is 0 Å². The minimum Gasteiger partial charge on any atom is -0.496 e. The quantitative estimate of drug-likeness (QED) is 0.847. The minimum atomic E-state index is 0.243. The molecule has 0 amide bonds. The van der Waals surface area contributed by atoms with Gasteiger partial charge in [0.15, 0.2) is 0 Å². The molecule has 4 nitrogen and oxygen atoms in total. The van der Waals surface area contributed by atoms with E-state index in [0.29, 0.717) is 24.1 Å². The lowest BCUT2D eigenvalue weighted by Crippen LogP contribution is -2.33. The summed E-state index contributed by atoms with van der Waals surface area (Å²) in [6, 6.07) is 7.95. The van der Waals surface area contributed by atoms with Gasteiger partial charge in [0, 0.05) is 24.8 Å². The molecule has 1 aliphatic carbocycles. The zero-order valence-corrected chi connectivity index (χ0v) is 11.2. The summed E-state index contributed by atoms with van der Waals surface area (Å²) in [4.78, 5) is 0. The van der Waals surface area contributed by atoms with Gasteiger partial charge >= 0.3 is 0 Å². The third-order valence-corrected chi connectivity index (χ3v) is 3.86. The van der Waals surface area contributed by atoms with Crippen molar-refractivity contribution in [3.63, 3.8) is 0 Å². The van der Waals surface area contributed by atoms with Crippen LogP contribution in [0, 0.1) is 17.2 Å². The molecule has 4 heteroatoms. The SMILES string of the molecule is COc1ccc(C#N)cc1CNC1CCCC1CO. The molecule has 1 fully saturated rings. The van der Waals surface area contributed by atoms with E-state index >= 15 is 0 Å². The number of hydrogen-bond acceptors (Lipinski definition) is 4. The zero-order valence-electron chi connectivity index (χ0n) is 11.2. The average molecular weight is 260 g/mol. The summed E-state index contributed by atoms with van der Waals surface area (Å²) in [5, 5.41) is 21.7. The number of aliphatic hydroxyl groups is 1. The van der Waals surface area contributed by atoms with E-state index in [-0.39, 0.29) is 6.61 Å². The van der Waals surface area contributed by atoms with Gasteiger partial charge in [-0.05, 0) is 37.0 Å². The number of methoxy groups -OCH3 is 1. The van der Waals surface area contributed by atoms with E-state index in [4.69, 9.17) is 10.00 Å². The van der Waals surface area contributed by atoms with Crippen LogP contribution in [0.3, 0.4) is 0 Å². The molecule has 1 aromatic carbocycles. The molecular weight excluding hydrogens is 240 g/mol. The minimum absolute atomic E-state index is 0.243. The molecule has 0 radical (unpaired) electrons. The van der Waals surface area contributed by atoms with Crippen LogP contribution < -0.4 is 10.1 Å². The highest BCUT2D eigenvalue weighted by Gasteiger charge is 2.26. The Hall–Kier alpha value is -1.57. The molecule has 2 atom stereocenters. The van der Waals surface area contributed by atoms with E-state index < -0.39 is 0 Å². The second-order valence-electron chi connectivity index (χ2n) is 5.00. The molecule has 2 N–H and O–H groups in total. The molecule has 0 bridgehead atoms. The van der Waals surface area contributed by atoms with Gasteiger partial charge in [0.05, 0.1) is 18.7 Å². The van der Waals surface area contributed by atoms with Gasteiger partial charge < -0.3 is 15.2 Å². The second kappa shape index (κ2) is 6.55. The van der Waals surface area contributed by atoms with Gasteiger partial charge in [-0.2, -0.15) is 5.26 Å². The molecular formula is C15H20N2O2. The topological polar surface area (TPSA) is 65.3 Å². The molecule has 1 aliphatic rings. The fraction of sp³-hybridized carbons (Fsp3) is 0.533. The molecule has 102 valence electrons. The van der Waals surface area contributed by atoms with Gasteiger partial charge in [-0.15, -0.1) is 0 Å². The molecule has 0 heterocycles. The molecule has 0 saturated heterocycles. The highest BCUT2D eigenvalue weighted by atomic mass is 16.5. The maximum atomic E-state index is 9.31. The summed E-state index contributed by atoms with van der Waals surface area (Å²) in [6.07, 6.45) is 3.35. The smallest absolute Gasteiger partial charge is 0.123 e. The summed E-state index contributed by atoms with van der Waals surface area (Å²) in [7, 11) is 1.64. The Balaban J connectivity index is 2.04. The van der Waals surface area contributed by atoms with Gasteiger partial charge in [-0.1, -0.05) is 6.42 Å². The molecule has 19 heavy (non-hydrogen) atoms. The van der Waals surface area contributed by atoms with Crippen molar-refractivity contribution in [2.45, 2.75) is 31.8 Å². The first-order chi connectivity index (χ1) is 9.28. The second-order valence-corrected chi connectivity index (χ2v) is 5.00. The lowest BCUT2D eigenvalue weighted by Gasteiger charge is -2.20. The van der Waals surface area contributed by atoms with E-state index in [2.05, 4.69) is 11.4 Å². The van der Waals surface area contributed by atoms with E-state index in [0.717, 1.165) is 30.6 Å². The Bertz CT molecular complexity index is 468. The number of benzene rings is 1. The van der Waals surface area contributed by atoms with Gasteiger partial charge in [0.1, 0.15) is 5.75 Å². The highest BCUT2D eigenvalue weighted by molar-refractivity contribution is 5.42. The van der Waals surface area contributed by atoms with Crippen molar-refractivity contribution >= 4 is 0 Å². The summed E-state index contributed by atoms with van der Waals surface area (Å²) in [6.45, 7) is 0.910. The normalized spacial score (nSPS) is 22.2. The maximum absolute atomic E-state index is 9.31. The summed E-state index contributed by atoms with van der Waals surface area (Å²) in [5.41, 5.74) is 1.63. The van der Waals surface area contributed by atoms with Crippen LogP contribution in [0.5, 0.6) is 5.75 Å². The van der Waals surface area contributed by atoms with Crippen LogP contribution in [0.1, 0.15) is 30.4 Å². The highest BCUT2D eigenvalue weighted by Crippen LogP contribution is 2.26. The first-order valence-corrected chi connectivity index (χ1v) is 6.69. The van der Waals surface area contributed by atoms with Crippen LogP contribution in [-0.4, -0.2) is 24.9 Å². The molecule has 0 aliphatic heterocycles. The number of nitrogens with one attached hydrogen (secondary N) is 1. The fourth-order valence-corrected chi connectivity index (χ4v) is 2.75. The Morgan fingerprint density at radius 1 is 1.47 bits per heavy atom. The Morgan fingerprint density at radius 3 is 3.00 bits per heavy atom. The van der Waals surface area contributed by atoms with Crippen molar-refractivity contribution in [1.82, 2.24) is 5.32 Å². The summed E-state index contributed by atoms with van der Waals surface area (Å²) in [5.74, 6) is 1.15. The zero-order chi connectivity index (χ0) is 13.7. The largest absolute Gasteiger partial charge is 0.496 e. The number of hydrogen-bond donors (Lipinski definition) is 2. The molecule has 0 aromatic heterocycles. The van der Waals surface area contributed by atoms with Crippen LogP contribution in [-0.2, 0) is 6.54 Å². The lowest BCUT2D eigenvalue weighted by atomic mass is 10.0. The Kier molecular flexibility index (Phi) is 4.78. The summed E-state index contributed by atoms with van der Waals surface area (Å²) >= 11 is 0. The molecule has 2 rings (SSSR count).